The minimum Gasteiger partial charge on any atom is -0.508 e. The van der Waals surface area contributed by atoms with Crippen LogP contribution >= 0.6 is 23.2 Å². The van der Waals surface area contributed by atoms with Gasteiger partial charge in [-0.05, 0) is 90.9 Å². The number of aromatic hydroxyl groups is 2. The smallest absolute Gasteiger partial charge is 0.339 e. The van der Waals surface area contributed by atoms with Crippen molar-refractivity contribution in [1.82, 2.24) is 5.01 Å². The van der Waals surface area contributed by atoms with E-state index in [1.54, 1.807) is 55.5 Å². The van der Waals surface area contributed by atoms with E-state index in [0.29, 0.717) is 33.0 Å². The second-order valence-corrected chi connectivity index (χ2v) is 15.1. The Bertz CT molecular complexity index is 2380. The second kappa shape index (κ2) is 13.2. The van der Waals surface area contributed by atoms with E-state index in [1.807, 2.05) is 6.08 Å². The summed E-state index contributed by atoms with van der Waals surface area (Å²) in [6.07, 6.45) is 2.04. The molecule has 2 aliphatic heterocycles. The number of allylic oxidation sites excluding steroid dienone is 2. The summed E-state index contributed by atoms with van der Waals surface area (Å²) in [5, 5.41) is 32.0. The zero-order valence-electron chi connectivity index (χ0n) is 29.3. The van der Waals surface area contributed by atoms with Gasteiger partial charge in [0.05, 0.1) is 46.7 Å². The van der Waals surface area contributed by atoms with Crippen molar-refractivity contribution in [2.45, 2.75) is 31.1 Å². The predicted molar refractivity (Wildman–Crippen MR) is 201 cm³/mol. The number of aryl methyl sites for hydroxylation is 1. The first-order chi connectivity index (χ1) is 26.3. The molecule has 8 rings (SSSR count). The quantitative estimate of drug-likeness (QED) is 0.118. The third kappa shape index (κ3) is 5.37. The number of aromatic carboxylic acids is 1. The highest BCUT2D eigenvalue weighted by molar-refractivity contribution is 6.36. The SMILES string of the molecule is COc1ccc(C23C(=O)N(Nc4ccc(Cl)cc4Cl)C(=O)C2CC2C(=CCC4C(=O)N(c5ccc(C(=O)O)c(O)c5)C(=O)C42)C3c2ccc(O)c(C)c2)cc1. The lowest BCUT2D eigenvalue weighted by Crippen LogP contribution is -2.53. The van der Waals surface area contributed by atoms with Crippen molar-refractivity contribution in [3.8, 4) is 17.2 Å². The van der Waals surface area contributed by atoms with E-state index in [0.717, 1.165) is 22.0 Å². The molecule has 0 spiro atoms. The van der Waals surface area contributed by atoms with Crippen LogP contribution in [0.15, 0.2) is 90.5 Å². The van der Waals surface area contributed by atoms with Gasteiger partial charge in [-0.25, -0.2) is 9.69 Å². The number of anilines is 2. The first-order valence-electron chi connectivity index (χ1n) is 17.5. The van der Waals surface area contributed by atoms with Gasteiger partial charge in [-0.15, -0.1) is 0 Å². The molecule has 6 atom stereocenters. The molecule has 4 aromatic rings. The topological polar surface area (TPSA) is 174 Å². The Hall–Kier alpha value is -5.85. The van der Waals surface area contributed by atoms with Crippen molar-refractivity contribution < 1.29 is 44.0 Å². The van der Waals surface area contributed by atoms with E-state index in [1.165, 1.54) is 25.3 Å². The molecule has 0 bridgehead atoms. The first kappa shape index (κ1) is 36.1. The number of carboxylic acids is 1. The normalized spacial score (nSPS) is 25.7. The Balaban J connectivity index is 1.31. The molecule has 14 heteroatoms. The van der Waals surface area contributed by atoms with Crippen LogP contribution in [-0.4, -0.2) is 57.0 Å². The fourth-order valence-corrected chi connectivity index (χ4v) is 9.62. The summed E-state index contributed by atoms with van der Waals surface area (Å²) in [4.78, 5) is 71.4. The van der Waals surface area contributed by atoms with Gasteiger partial charge in [-0.1, -0.05) is 59.1 Å². The Labute approximate surface area is 324 Å². The molecule has 6 unspecified atom stereocenters. The van der Waals surface area contributed by atoms with Gasteiger partial charge in [-0.3, -0.25) is 24.6 Å². The average molecular weight is 783 g/mol. The number of fused-ring (bicyclic) bond motifs is 4. The number of nitrogens with one attached hydrogen (secondary N) is 1. The monoisotopic (exact) mass is 781 g/mol. The fourth-order valence-electron chi connectivity index (χ4n) is 9.17. The maximum absolute atomic E-state index is 15.4. The van der Waals surface area contributed by atoms with Gasteiger partial charge in [0.1, 0.15) is 22.8 Å². The summed E-state index contributed by atoms with van der Waals surface area (Å²) in [7, 11) is 1.52. The van der Waals surface area contributed by atoms with Crippen LogP contribution in [0.4, 0.5) is 11.4 Å². The number of hydrazine groups is 1. The fraction of sp³-hybridized carbons (Fsp3) is 0.244. The summed E-state index contributed by atoms with van der Waals surface area (Å²) >= 11 is 12.7. The minimum absolute atomic E-state index is 0.0137. The number of methoxy groups -OCH3 is 1. The van der Waals surface area contributed by atoms with Crippen LogP contribution in [0.2, 0.25) is 10.0 Å². The number of carbonyl (C=O) groups excluding carboxylic acids is 4. The molecule has 4 N–H and O–H groups in total. The number of rotatable bonds is 7. The van der Waals surface area contributed by atoms with Crippen LogP contribution in [0.25, 0.3) is 0 Å². The van der Waals surface area contributed by atoms with Crippen molar-refractivity contribution in [3.63, 3.8) is 0 Å². The summed E-state index contributed by atoms with van der Waals surface area (Å²) in [5.74, 6) is -8.04. The largest absolute Gasteiger partial charge is 0.508 e. The van der Waals surface area contributed by atoms with Gasteiger partial charge in [0, 0.05) is 17.0 Å². The van der Waals surface area contributed by atoms with E-state index < -0.39 is 70.4 Å². The first-order valence-corrected chi connectivity index (χ1v) is 18.2. The number of phenolic OH excluding ortho intramolecular Hbond substituents is 1. The van der Waals surface area contributed by atoms with Crippen LogP contribution in [0.5, 0.6) is 17.2 Å². The standard InChI is InChI=1S/C41H33Cl2N3O9/c1-19-15-20(3-14-32(19)47)35-25-11-12-27-34(38(51)45(36(27)49)23-7-10-26(39(52)53)33(48)17-23)28(25)18-29-37(50)46(44-31-13-6-22(42)16-30(31)43)40(54)41(29,35)21-4-8-24(55-2)9-5-21/h3-11,13-17,27-29,34-35,44,47-48H,12,18H2,1-2H3,(H,52,53). The third-order valence-electron chi connectivity index (χ3n) is 11.6. The molecule has 55 heavy (non-hydrogen) atoms. The van der Waals surface area contributed by atoms with E-state index in [2.05, 4.69) is 5.43 Å². The van der Waals surface area contributed by atoms with Gasteiger partial charge in [-0.2, -0.15) is 5.01 Å². The van der Waals surface area contributed by atoms with Crippen LogP contribution in [-0.2, 0) is 24.6 Å². The van der Waals surface area contributed by atoms with E-state index in [9.17, 15) is 34.5 Å². The average Bonchev–Trinajstić information content (AvgIpc) is 3.54. The summed E-state index contributed by atoms with van der Waals surface area (Å²) in [6.45, 7) is 1.72. The number of hydrogen-bond acceptors (Lipinski definition) is 9. The third-order valence-corrected chi connectivity index (χ3v) is 12.2. The molecule has 2 heterocycles. The number of amides is 4. The molecule has 2 saturated heterocycles. The van der Waals surface area contributed by atoms with E-state index >= 15 is 4.79 Å². The van der Waals surface area contributed by atoms with Crippen LogP contribution in [0.3, 0.4) is 0 Å². The zero-order valence-corrected chi connectivity index (χ0v) is 30.8. The number of nitrogens with zero attached hydrogens (tertiary/aromatic N) is 2. The van der Waals surface area contributed by atoms with Gasteiger partial charge in [0.25, 0.3) is 11.8 Å². The van der Waals surface area contributed by atoms with Gasteiger partial charge in [0.15, 0.2) is 0 Å². The highest BCUT2D eigenvalue weighted by Crippen LogP contribution is 2.64. The molecule has 2 aliphatic carbocycles. The number of phenols is 2. The number of halogens is 2. The number of carboxylic acid groups (broad SMARTS) is 1. The van der Waals surface area contributed by atoms with Crippen molar-refractivity contribution in [2.24, 2.45) is 23.7 Å². The molecule has 4 aliphatic rings. The van der Waals surface area contributed by atoms with Gasteiger partial charge >= 0.3 is 5.97 Å². The van der Waals surface area contributed by atoms with Crippen molar-refractivity contribution >= 4 is 64.2 Å². The Morgan fingerprint density at radius 2 is 1.62 bits per heavy atom. The molecular formula is C41H33Cl2N3O9. The highest BCUT2D eigenvalue weighted by Gasteiger charge is 2.70. The molecule has 4 amide bonds. The number of ether oxygens (including phenoxy) is 1. The molecule has 12 nitrogen and oxygen atoms in total. The Morgan fingerprint density at radius 1 is 0.873 bits per heavy atom. The molecular weight excluding hydrogens is 749 g/mol. The molecule has 3 fully saturated rings. The zero-order chi connectivity index (χ0) is 39.1. The maximum Gasteiger partial charge on any atom is 0.339 e. The summed E-state index contributed by atoms with van der Waals surface area (Å²) < 4.78 is 5.45. The van der Waals surface area contributed by atoms with Crippen molar-refractivity contribution in [3.05, 3.63) is 123 Å². The molecule has 280 valence electrons. The maximum atomic E-state index is 15.4. The number of benzene rings is 4. The lowest BCUT2D eigenvalue weighted by Gasteiger charge is -2.50. The predicted octanol–water partition coefficient (Wildman–Crippen LogP) is 6.61. The van der Waals surface area contributed by atoms with Crippen LogP contribution in [0, 0.1) is 30.6 Å². The van der Waals surface area contributed by atoms with Crippen LogP contribution in [0.1, 0.15) is 45.8 Å². The number of hydrogen-bond donors (Lipinski definition) is 4. The Kier molecular flexibility index (Phi) is 8.66. The van der Waals surface area contributed by atoms with E-state index in [-0.39, 0.29) is 40.6 Å². The molecule has 4 aromatic carbocycles. The van der Waals surface area contributed by atoms with Crippen LogP contribution < -0.4 is 15.1 Å². The second-order valence-electron chi connectivity index (χ2n) is 14.3. The summed E-state index contributed by atoms with van der Waals surface area (Å²) in [6, 6.07) is 20.0. The number of carbonyl (C=O) groups is 5. The van der Waals surface area contributed by atoms with Gasteiger partial charge < -0.3 is 20.1 Å². The molecule has 1 saturated carbocycles. The van der Waals surface area contributed by atoms with E-state index in [4.69, 9.17) is 27.9 Å². The number of imide groups is 2. The van der Waals surface area contributed by atoms with Crippen molar-refractivity contribution in [2.75, 3.05) is 17.4 Å². The summed E-state index contributed by atoms with van der Waals surface area (Å²) in [5.41, 5.74) is 3.61. The lowest BCUT2D eigenvalue weighted by molar-refractivity contribution is -0.138. The molecule has 0 aromatic heterocycles. The lowest BCUT2D eigenvalue weighted by atomic mass is 9.49. The highest BCUT2D eigenvalue weighted by atomic mass is 35.5. The van der Waals surface area contributed by atoms with Gasteiger partial charge in [0.2, 0.25) is 11.8 Å². The Morgan fingerprint density at radius 3 is 2.27 bits per heavy atom. The van der Waals surface area contributed by atoms with Crippen molar-refractivity contribution in [1.29, 1.82) is 0 Å². The molecule has 0 radical (unpaired) electrons. The minimum atomic E-state index is -1.59.